The Kier molecular flexibility index (Phi) is 5.05. The number of rotatable bonds is 5. The van der Waals surface area contributed by atoms with Gasteiger partial charge in [0.25, 0.3) is 0 Å². The number of aryl methyl sites for hydroxylation is 1. The van der Waals surface area contributed by atoms with Gasteiger partial charge in [0, 0.05) is 17.6 Å². The Balaban J connectivity index is 1.98. The summed E-state index contributed by atoms with van der Waals surface area (Å²) in [5.74, 6) is 0.877. The smallest absolute Gasteiger partial charge is 0.118 e. The average molecular weight is 290 g/mol. The van der Waals surface area contributed by atoms with Gasteiger partial charge in [0.05, 0.1) is 7.11 Å². The Hall–Kier alpha value is -1.51. The maximum Gasteiger partial charge on any atom is 0.118 e. The van der Waals surface area contributed by atoms with Crippen LogP contribution in [0.15, 0.2) is 42.5 Å². The molecule has 0 aliphatic heterocycles. The summed E-state index contributed by atoms with van der Waals surface area (Å²) in [5, 5.41) is 4.31. The molecule has 0 aliphatic carbocycles. The fourth-order valence-corrected chi connectivity index (χ4v) is 2.37. The first-order valence-corrected chi connectivity index (χ1v) is 7.10. The fraction of sp³-hybridized carbons (Fsp3) is 0.294. The van der Waals surface area contributed by atoms with E-state index < -0.39 is 0 Å². The number of benzene rings is 2. The quantitative estimate of drug-likeness (QED) is 0.874. The first kappa shape index (κ1) is 14.9. The van der Waals surface area contributed by atoms with E-state index in [1.165, 1.54) is 11.1 Å². The summed E-state index contributed by atoms with van der Waals surface area (Å²) in [6.45, 7) is 4.94. The fourth-order valence-electron chi connectivity index (χ4n) is 2.07. The molecule has 0 amide bonds. The van der Waals surface area contributed by atoms with Crippen molar-refractivity contribution in [3.05, 3.63) is 64.2 Å². The summed E-state index contributed by atoms with van der Waals surface area (Å²) in [4.78, 5) is 0. The highest BCUT2D eigenvalue weighted by Gasteiger charge is 2.06. The van der Waals surface area contributed by atoms with E-state index in [2.05, 4.69) is 36.5 Å². The van der Waals surface area contributed by atoms with E-state index >= 15 is 0 Å². The Labute approximate surface area is 125 Å². The Bertz CT molecular complexity index is 566. The van der Waals surface area contributed by atoms with Gasteiger partial charge in [0.2, 0.25) is 0 Å². The van der Waals surface area contributed by atoms with Crippen LogP contribution in [0.25, 0.3) is 0 Å². The van der Waals surface area contributed by atoms with Crippen molar-refractivity contribution in [3.8, 4) is 5.75 Å². The molecule has 2 rings (SSSR count). The topological polar surface area (TPSA) is 21.3 Å². The van der Waals surface area contributed by atoms with E-state index in [0.29, 0.717) is 0 Å². The summed E-state index contributed by atoms with van der Waals surface area (Å²) < 4.78 is 5.17. The number of ether oxygens (including phenoxy) is 1. The molecule has 1 atom stereocenters. The maximum atomic E-state index is 6.24. The molecule has 1 N–H and O–H groups in total. The molecule has 0 fully saturated rings. The van der Waals surface area contributed by atoms with Crippen LogP contribution in [0.5, 0.6) is 5.75 Å². The third-order valence-corrected chi connectivity index (χ3v) is 3.77. The average Bonchev–Trinajstić information content (AvgIpc) is 2.46. The van der Waals surface area contributed by atoms with Gasteiger partial charge in [0.1, 0.15) is 5.75 Å². The third kappa shape index (κ3) is 3.75. The van der Waals surface area contributed by atoms with Crippen LogP contribution in [-0.4, -0.2) is 7.11 Å². The minimum Gasteiger partial charge on any atom is -0.497 e. The van der Waals surface area contributed by atoms with Crippen molar-refractivity contribution >= 4 is 11.6 Å². The predicted molar refractivity (Wildman–Crippen MR) is 84.4 cm³/mol. The molecular formula is C17H20ClNO. The number of halogens is 1. The first-order chi connectivity index (χ1) is 9.60. The molecule has 2 aromatic rings. The maximum absolute atomic E-state index is 6.24. The van der Waals surface area contributed by atoms with Crippen molar-refractivity contribution in [1.82, 2.24) is 5.32 Å². The summed E-state index contributed by atoms with van der Waals surface area (Å²) >= 11 is 6.24. The molecule has 0 spiro atoms. The Morgan fingerprint density at radius 1 is 1.15 bits per heavy atom. The van der Waals surface area contributed by atoms with Gasteiger partial charge in [-0.2, -0.15) is 0 Å². The third-order valence-electron chi connectivity index (χ3n) is 3.42. The molecule has 0 radical (unpaired) electrons. The lowest BCUT2D eigenvalue weighted by Crippen LogP contribution is -2.18. The van der Waals surface area contributed by atoms with Gasteiger partial charge in [-0.1, -0.05) is 35.9 Å². The van der Waals surface area contributed by atoms with Crippen molar-refractivity contribution in [2.75, 3.05) is 7.11 Å². The molecule has 3 heteroatoms. The van der Waals surface area contributed by atoms with E-state index in [-0.39, 0.29) is 6.04 Å². The molecule has 0 aromatic heterocycles. The molecule has 2 nitrogen and oxygen atoms in total. The van der Waals surface area contributed by atoms with Gasteiger partial charge in [-0.05, 0) is 48.7 Å². The van der Waals surface area contributed by atoms with Gasteiger partial charge in [-0.3, -0.25) is 0 Å². The lowest BCUT2D eigenvalue weighted by Gasteiger charge is -2.15. The molecule has 2 aromatic carbocycles. The molecule has 0 aliphatic rings. The lowest BCUT2D eigenvalue weighted by atomic mass is 10.1. The predicted octanol–water partition coefficient (Wildman–Crippen LogP) is 4.51. The van der Waals surface area contributed by atoms with E-state index in [9.17, 15) is 0 Å². The van der Waals surface area contributed by atoms with Crippen LogP contribution < -0.4 is 10.1 Å². The van der Waals surface area contributed by atoms with Crippen molar-refractivity contribution in [3.63, 3.8) is 0 Å². The summed E-state index contributed by atoms with van der Waals surface area (Å²) in [6.07, 6.45) is 0. The lowest BCUT2D eigenvalue weighted by molar-refractivity contribution is 0.414. The number of methoxy groups -OCH3 is 1. The molecular weight excluding hydrogens is 270 g/mol. The second-order valence-electron chi connectivity index (χ2n) is 4.97. The molecule has 106 valence electrons. The van der Waals surface area contributed by atoms with Crippen LogP contribution in [0.3, 0.4) is 0 Å². The monoisotopic (exact) mass is 289 g/mol. The minimum atomic E-state index is 0.262. The van der Waals surface area contributed by atoms with Crippen molar-refractivity contribution in [2.24, 2.45) is 0 Å². The van der Waals surface area contributed by atoms with Gasteiger partial charge in [-0.25, -0.2) is 0 Å². The zero-order valence-corrected chi connectivity index (χ0v) is 12.9. The van der Waals surface area contributed by atoms with Crippen molar-refractivity contribution in [1.29, 1.82) is 0 Å². The van der Waals surface area contributed by atoms with Gasteiger partial charge in [0.15, 0.2) is 0 Å². The molecule has 0 saturated heterocycles. The first-order valence-electron chi connectivity index (χ1n) is 6.72. The molecule has 0 unspecified atom stereocenters. The highest BCUT2D eigenvalue weighted by molar-refractivity contribution is 6.31. The van der Waals surface area contributed by atoms with E-state index in [1.807, 2.05) is 25.1 Å². The summed E-state index contributed by atoms with van der Waals surface area (Å²) in [5.41, 5.74) is 3.54. The summed E-state index contributed by atoms with van der Waals surface area (Å²) in [6, 6.07) is 14.5. The number of hydrogen-bond donors (Lipinski definition) is 1. The van der Waals surface area contributed by atoms with Crippen LogP contribution in [0.1, 0.15) is 29.7 Å². The van der Waals surface area contributed by atoms with Gasteiger partial charge >= 0.3 is 0 Å². The van der Waals surface area contributed by atoms with Crippen molar-refractivity contribution in [2.45, 2.75) is 26.4 Å². The van der Waals surface area contributed by atoms with E-state index in [4.69, 9.17) is 16.3 Å². The Morgan fingerprint density at radius 2 is 1.85 bits per heavy atom. The standard InChI is InChI=1S/C17H20ClNO/c1-12-4-5-15(17(18)10-12)11-19-13(2)14-6-8-16(20-3)9-7-14/h4-10,13,19H,11H2,1-3H3/t13-/m1/s1. The summed E-state index contributed by atoms with van der Waals surface area (Å²) in [7, 11) is 1.68. The second-order valence-corrected chi connectivity index (χ2v) is 5.38. The van der Waals surface area contributed by atoms with Crippen molar-refractivity contribution < 1.29 is 4.74 Å². The van der Waals surface area contributed by atoms with Gasteiger partial charge < -0.3 is 10.1 Å². The van der Waals surface area contributed by atoms with E-state index in [1.54, 1.807) is 7.11 Å². The largest absolute Gasteiger partial charge is 0.497 e. The SMILES string of the molecule is COc1ccc([C@@H](C)NCc2ccc(C)cc2Cl)cc1. The van der Waals surface area contributed by atoms with Gasteiger partial charge in [-0.15, -0.1) is 0 Å². The normalized spacial score (nSPS) is 12.2. The minimum absolute atomic E-state index is 0.262. The highest BCUT2D eigenvalue weighted by atomic mass is 35.5. The molecule has 0 saturated carbocycles. The van der Waals surface area contributed by atoms with Crippen LogP contribution in [0.2, 0.25) is 5.02 Å². The molecule has 0 heterocycles. The van der Waals surface area contributed by atoms with Crippen LogP contribution >= 0.6 is 11.6 Å². The highest BCUT2D eigenvalue weighted by Crippen LogP contribution is 2.20. The van der Waals surface area contributed by atoms with E-state index in [0.717, 1.165) is 22.9 Å². The second kappa shape index (κ2) is 6.78. The molecule has 20 heavy (non-hydrogen) atoms. The van der Waals surface area contributed by atoms with Crippen LogP contribution in [0.4, 0.5) is 0 Å². The molecule has 0 bridgehead atoms. The van der Waals surface area contributed by atoms with Crippen LogP contribution in [0, 0.1) is 6.92 Å². The zero-order valence-electron chi connectivity index (χ0n) is 12.1. The number of nitrogens with one attached hydrogen (secondary N) is 1. The Morgan fingerprint density at radius 3 is 2.45 bits per heavy atom. The van der Waals surface area contributed by atoms with Crippen LogP contribution in [-0.2, 0) is 6.54 Å². The zero-order chi connectivity index (χ0) is 14.5. The number of hydrogen-bond acceptors (Lipinski definition) is 2.